The average molecular weight is 295 g/mol. The van der Waals surface area contributed by atoms with E-state index in [2.05, 4.69) is 15.3 Å². The number of rotatable bonds is 5. The lowest BCUT2D eigenvalue weighted by Crippen LogP contribution is -2.15. The molecule has 3 rings (SSSR count). The fourth-order valence-corrected chi connectivity index (χ4v) is 2.24. The van der Waals surface area contributed by atoms with Gasteiger partial charge in [-0.2, -0.15) is 0 Å². The first-order chi connectivity index (χ1) is 10.7. The van der Waals surface area contributed by atoms with E-state index in [-0.39, 0.29) is 5.91 Å². The van der Waals surface area contributed by atoms with Crippen molar-refractivity contribution in [1.29, 1.82) is 0 Å². The molecule has 0 atom stereocenters. The van der Waals surface area contributed by atoms with Gasteiger partial charge in [-0.15, -0.1) is 0 Å². The van der Waals surface area contributed by atoms with Crippen LogP contribution in [0.25, 0.3) is 11.0 Å². The van der Waals surface area contributed by atoms with Crippen LogP contribution in [0.3, 0.4) is 0 Å². The lowest BCUT2D eigenvalue weighted by molar-refractivity contribution is -0.115. The Morgan fingerprint density at radius 2 is 1.95 bits per heavy atom. The van der Waals surface area contributed by atoms with Gasteiger partial charge in [-0.1, -0.05) is 24.3 Å². The third-order valence-corrected chi connectivity index (χ3v) is 3.25. The van der Waals surface area contributed by atoms with Crippen LogP contribution in [0.1, 0.15) is 12.5 Å². The topological polar surface area (TPSA) is 67.0 Å². The molecule has 0 spiro atoms. The molecular formula is C17H17N3O2. The van der Waals surface area contributed by atoms with Gasteiger partial charge in [-0.25, -0.2) is 4.98 Å². The summed E-state index contributed by atoms with van der Waals surface area (Å²) in [5.41, 5.74) is 2.66. The summed E-state index contributed by atoms with van der Waals surface area (Å²) in [7, 11) is 0. The van der Waals surface area contributed by atoms with Gasteiger partial charge < -0.3 is 9.72 Å². The number of aromatic nitrogens is 2. The molecule has 5 heteroatoms. The number of ether oxygens (including phenoxy) is 1. The highest BCUT2D eigenvalue weighted by atomic mass is 16.5. The number of H-pyrrole nitrogens is 1. The van der Waals surface area contributed by atoms with Crippen LogP contribution >= 0.6 is 0 Å². The number of fused-ring (bicyclic) bond motifs is 1. The maximum atomic E-state index is 12.1. The van der Waals surface area contributed by atoms with Crippen LogP contribution < -0.4 is 10.1 Å². The number of carbonyl (C=O) groups is 1. The first-order valence-electron chi connectivity index (χ1n) is 7.21. The Labute approximate surface area is 128 Å². The number of anilines is 1. The fourth-order valence-electron chi connectivity index (χ4n) is 2.24. The van der Waals surface area contributed by atoms with Crippen LogP contribution in [-0.4, -0.2) is 22.5 Å². The second-order valence-electron chi connectivity index (χ2n) is 4.90. The number of carbonyl (C=O) groups excluding carboxylic acids is 1. The lowest BCUT2D eigenvalue weighted by atomic mass is 10.1. The highest BCUT2D eigenvalue weighted by Gasteiger charge is 2.08. The van der Waals surface area contributed by atoms with E-state index in [1.165, 1.54) is 0 Å². The number of benzene rings is 2. The van der Waals surface area contributed by atoms with Gasteiger partial charge in [0, 0.05) is 0 Å². The standard InChI is InChI=1S/C17H17N3O2/c1-2-22-13-9-7-12(8-10-13)11-16(21)20-17-18-14-5-3-4-6-15(14)19-17/h3-10H,2,11H2,1H3,(H2,18,19,20,21). The summed E-state index contributed by atoms with van der Waals surface area (Å²) in [4.78, 5) is 19.5. The number of imidazole rings is 1. The zero-order valence-corrected chi connectivity index (χ0v) is 12.3. The minimum Gasteiger partial charge on any atom is -0.494 e. The van der Waals surface area contributed by atoms with E-state index in [1.54, 1.807) is 0 Å². The molecule has 0 aliphatic heterocycles. The summed E-state index contributed by atoms with van der Waals surface area (Å²) in [5, 5.41) is 2.78. The van der Waals surface area contributed by atoms with Crippen LogP contribution in [0.15, 0.2) is 48.5 Å². The van der Waals surface area contributed by atoms with Crippen molar-refractivity contribution in [3.8, 4) is 5.75 Å². The Morgan fingerprint density at radius 1 is 1.18 bits per heavy atom. The van der Waals surface area contributed by atoms with Crippen molar-refractivity contribution in [3.63, 3.8) is 0 Å². The van der Waals surface area contributed by atoms with Crippen molar-refractivity contribution in [1.82, 2.24) is 9.97 Å². The highest BCUT2D eigenvalue weighted by molar-refractivity contribution is 5.92. The van der Waals surface area contributed by atoms with Crippen molar-refractivity contribution < 1.29 is 9.53 Å². The fraction of sp³-hybridized carbons (Fsp3) is 0.176. The summed E-state index contributed by atoms with van der Waals surface area (Å²) >= 11 is 0. The van der Waals surface area contributed by atoms with Crippen LogP contribution in [-0.2, 0) is 11.2 Å². The van der Waals surface area contributed by atoms with Gasteiger partial charge in [0.05, 0.1) is 24.1 Å². The third-order valence-electron chi connectivity index (χ3n) is 3.25. The minimum atomic E-state index is -0.108. The Kier molecular flexibility index (Phi) is 4.05. The molecule has 0 bridgehead atoms. The number of nitrogens with zero attached hydrogens (tertiary/aromatic N) is 1. The molecule has 112 valence electrons. The zero-order chi connectivity index (χ0) is 15.4. The molecule has 0 aliphatic rings. The van der Waals surface area contributed by atoms with E-state index in [9.17, 15) is 4.79 Å². The number of hydrogen-bond acceptors (Lipinski definition) is 3. The molecule has 0 saturated heterocycles. The van der Waals surface area contributed by atoms with Crippen LogP contribution in [0.4, 0.5) is 5.95 Å². The van der Waals surface area contributed by atoms with Crippen LogP contribution in [0.2, 0.25) is 0 Å². The number of aromatic amines is 1. The minimum absolute atomic E-state index is 0.108. The molecule has 0 aliphatic carbocycles. The van der Waals surface area contributed by atoms with E-state index >= 15 is 0 Å². The van der Waals surface area contributed by atoms with Gasteiger partial charge in [0.15, 0.2) is 0 Å². The maximum absolute atomic E-state index is 12.1. The van der Waals surface area contributed by atoms with Gasteiger partial charge in [-0.3, -0.25) is 10.1 Å². The van der Waals surface area contributed by atoms with E-state index in [0.29, 0.717) is 19.0 Å². The highest BCUT2D eigenvalue weighted by Crippen LogP contribution is 2.15. The summed E-state index contributed by atoms with van der Waals surface area (Å²) in [6, 6.07) is 15.2. The molecule has 2 aromatic carbocycles. The first-order valence-corrected chi connectivity index (χ1v) is 7.21. The number of para-hydroxylation sites is 2. The van der Waals surface area contributed by atoms with E-state index < -0.39 is 0 Å². The monoisotopic (exact) mass is 295 g/mol. The molecule has 1 amide bonds. The van der Waals surface area contributed by atoms with Gasteiger partial charge in [0.2, 0.25) is 11.9 Å². The van der Waals surface area contributed by atoms with Crippen LogP contribution in [0.5, 0.6) is 5.75 Å². The number of nitrogens with one attached hydrogen (secondary N) is 2. The van der Waals surface area contributed by atoms with Crippen LogP contribution in [0, 0.1) is 0 Å². The lowest BCUT2D eigenvalue weighted by Gasteiger charge is -2.05. The molecule has 3 aromatic rings. The van der Waals surface area contributed by atoms with Crippen molar-refractivity contribution >= 4 is 22.9 Å². The normalized spacial score (nSPS) is 10.6. The van der Waals surface area contributed by atoms with Crippen molar-refractivity contribution in [3.05, 3.63) is 54.1 Å². The molecule has 1 heterocycles. The molecule has 1 aromatic heterocycles. The molecule has 0 fully saturated rings. The maximum Gasteiger partial charge on any atom is 0.231 e. The molecule has 22 heavy (non-hydrogen) atoms. The molecule has 0 unspecified atom stereocenters. The van der Waals surface area contributed by atoms with Crippen molar-refractivity contribution in [2.24, 2.45) is 0 Å². The predicted octanol–water partition coefficient (Wildman–Crippen LogP) is 3.14. The van der Waals surface area contributed by atoms with E-state index in [1.807, 2.05) is 55.5 Å². The molecule has 0 saturated carbocycles. The van der Waals surface area contributed by atoms with Gasteiger partial charge in [0.25, 0.3) is 0 Å². The van der Waals surface area contributed by atoms with Crippen molar-refractivity contribution in [2.45, 2.75) is 13.3 Å². The van der Waals surface area contributed by atoms with Gasteiger partial charge in [0.1, 0.15) is 5.75 Å². The Bertz CT molecular complexity index is 745. The molecular weight excluding hydrogens is 278 g/mol. The second kappa shape index (κ2) is 6.30. The Morgan fingerprint density at radius 3 is 2.68 bits per heavy atom. The van der Waals surface area contributed by atoms with E-state index in [4.69, 9.17) is 4.74 Å². The SMILES string of the molecule is CCOc1ccc(CC(=O)Nc2nc3ccccc3[nH]2)cc1. The number of amides is 1. The Hall–Kier alpha value is -2.82. The molecule has 5 nitrogen and oxygen atoms in total. The van der Waals surface area contributed by atoms with Gasteiger partial charge >= 0.3 is 0 Å². The first kappa shape index (κ1) is 14.1. The van der Waals surface area contributed by atoms with E-state index in [0.717, 1.165) is 22.3 Å². The Balaban J connectivity index is 1.64. The van der Waals surface area contributed by atoms with Crippen molar-refractivity contribution in [2.75, 3.05) is 11.9 Å². The second-order valence-corrected chi connectivity index (χ2v) is 4.90. The third kappa shape index (κ3) is 3.25. The predicted molar refractivity (Wildman–Crippen MR) is 86.0 cm³/mol. The largest absolute Gasteiger partial charge is 0.494 e. The molecule has 2 N–H and O–H groups in total. The summed E-state index contributed by atoms with van der Waals surface area (Å²) in [5.74, 6) is 1.17. The summed E-state index contributed by atoms with van der Waals surface area (Å²) in [6.07, 6.45) is 0.295. The summed E-state index contributed by atoms with van der Waals surface area (Å²) in [6.45, 7) is 2.57. The smallest absolute Gasteiger partial charge is 0.231 e. The summed E-state index contributed by atoms with van der Waals surface area (Å²) < 4.78 is 5.38. The zero-order valence-electron chi connectivity index (χ0n) is 12.3. The molecule has 0 radical (unpaired) electrons. The quantitative estimate of drug-likeness (QED) is 0.760. The number of hydrogen-bond donors (Lipinski definition) is 2. The van der Waals surface area contributed by atoms with Gasteiger partial charge in [-0.05, 0) is 36.8 Å². The average Bonchev–Trinajstić information content (AvgIpc) is 2.91.